The predicted molar refractivity (Wildman–Crippen MR) is 136 cm³/mol. The summed E-state index contributed by atoms with van der Waals surface area (Å²) in [6, 6.07) is 20.1. The summed E-state index contributed by atoms with van der Waals surface area (Å²) in [7, 11) is 0. The molecule has 37 heavy (non-hydrogen) atoms. The summed E-state index contributed by atoms with van der Waals surface area (Å²) in [6.45, 7) is 3.92. The van der Waals surface area contributed by atoms with Crippen LogP contribution in [0.4, 0.5) is 5.69 Å². The molecule has 0 unspecified atom stereocenters. The lowest BCUT2D eigenvalue weighted by atomic mass is 10.1. The Morgan fingerprint density at radius 2 is 1.59 bits per heavy atom. The van der Waals surface area contributed by atoms with Crippen molar-refractivity contribution in [1.82, 2.24) is 0 Å². The second-order valence-corrected chi connectivity index (χ2v) is 8.62. The number of amides is 1. The number of carbonyl (C=O) groups is 4. The van der Waals surface area contributed by atoms with Crippen LogP contribution in [-0.2, 0) is 14.3 Å². The molecule has 0 N–H and O–H groups in total. The number of ether oxygens (including phenoxy) is 3. The predicted octanol–water partition coefficient (Wildman–Crippen LogP) is 4.39. The van der Waals surface area contributed by atoms with Crippen molar-refractivity contribution < 1.29 is 33.4 Å². The van der Waals surface area contributed by atoms with Crippen LogP contribution >= 0.6 is 0 Å². The van der Waals surface area contributed by atoms with Crippen molar-refractivity contribution in [2.45, 2.75) is 20.3 Å². The number of hydrogen-bond donors (Lipinski definition) is 0. The van der Waals surface area contributed by atoms with Crippen molar-refractivity contribution in [2.24, 2.45) is 5.92 Å². The number of carbonyl (C=O) groups excluding carboxylic acids is 4. The van der Waals surface area contributed by atoms with Crippen LogP contribution < -0.4 is 14.4 Å². The molecule has 1 aliphatic rings. The van der Waals surface area contributed by atoms with Crippen LogP contribution in [0.15, 0.2) is 72.8 Å². The Hall–Kier alpha value is -4.46. The first-order valence-electron chi connectivity index (χ1n) is 12.0. The van der Waals surface area contributed by atoms with Gasteiger partial charge in [0, 0.05) is 18.5 Å². The number of Topliss-reactive ketones (excluding diaryl/α,β-unsaturated/α-hetero) is 1. The van der Waals surface area contributed by atoms with Gasteiger partial charge in [-0.2, -0.15) is 0 Å². The average Bonchev–Trinajstić information content (AvgIpc) is 3.29. The second kappa shape index (κ2) is 11.5. The lowest BCUT2D eigenvalue weighted by Crippen LogP contribution is -2.27. The fourth-order valence-electron chi connectivity index (χ4n) is 3.96. The largest absolute Gasteiger partial charge is 0.492 e. The van der Waals surface area contributed by atoms with Gasteiger partial charge in [0.2, 0.25) is 5.91 Å². The van der Waals surface area contributed by atoms with Crippen LogP contribution in [-0.4, -0.2) is 43.4 Å². The Bertz CT molecular complexity index is 1300. The van der Waals surface area contributed by atoms with Gasteiger partial charge in [-0.3, -0.25) is 14.4 Å². The molecular weight excluding hydrogens is 474 g/mol. The molecule has 3 aromatic carbocycles. The summed E-state index contributed by atoms with van der Waals surface area (Å²) in [5.74, 6) is -1.56. The Kier molecular flexibility index (Phi) is 7.98. The molecule has 0 aromatic heterocycles. The molecule has 0 aliphatic carbocycles. The van der Waals surface area contributed by atoms with E-state index in [0.717, 1.165) is 5.56 Å². The van der Waals surface area contributed by atoms with E-state index in [9.17, 15) is 19.2 Å². The molecule has 1 amide bonds. The molecule has 1 heterocycles. The standard InChI is InChI=1S/C29H27NO7/c1-3-35-26-7-5-4-6-24(26)30-17-22(16-27(30)32)28(33)36-18-25(31)20-12-14-23(15-13-20)37-29(34)21-10-8-19(2)9-11-21/h4-15,22H,3,16-18H2,1-2H3/t22-/m1/s1. The number of anilines is 1. The number of hydrogen-bond acceptors (Lipinski definition) is 7. The fourth-order valence-corrected chi connectivity index (χ4v) is 3.96. The number of esters is 2. The summed E-state index contributed by atoms with van der Waals surface area (Å²) < 4.78 is 16.2. The van der Waals surface area contributed by atoms with Crippen LogP contribution in [0.25, 0.3) is 0 Å². The zero-order valence-electron chi connectivity index (χ0n) is 20.6. The minimum atomic E-state index is -0.682. The van der Waals surface area contributed by atoms with E-state index in [4.69, 9.17) is 14.2 Å². The lowest BCUT2D eigenvalue weighted by molar-refractivity contribution is -0.147. The number of rotatable bonds is 9. The molecule has 8 heteroatoms. The Labute approximate surface area is 214 Å². The monoisotopic (exact) mass is 501 g/mol. The first kappa shape index (κ1) is 25.6. The number of para-hydroxylation sites is 2. The molecule has 1 atom stereocenters. The normalized spacial score (nSPS) is 14.8. The molecule has 1 saturated heterocycles. The minimum absolute atomic E-state index is 0.00543. The van der Waals surface area contributed by atoms with Crippen molar-refractivity contribution >= 4 is 29.3 Å². The molecule has 0 saturated carbocycles. The summed E-state index contributed by atoms with van der Waals surface area (Å²) >= 11 is 0. The Morgan fingerprint density at radius 1 is 0.919 bits per heavy atom. The first-order valence-corrected chi connectivity index (χ1v) is 12.0. The van der Waals surface area contributed by atoms with Gasteiger partial charge in [-0.15, -0.1) is 0 Å². The van der Waals surface area contributed by atoms with Gasteiger partial charge < -0.3 is 19.1 Å². The van der Waals surface area contributed by atoms with E-state index >= 15 is 0 Å². The van der Waals surface area contributed by atoms with Crippen molar-refractivity contribution in [2.75, 3.05) is 24.7 Å². The van der Waals surface area contributed by atoms with Crippen LogP contribution in [0.2, 0.25) is 0 Å². The molecule has 1 fully saturated rings. The highest BCUT2D eigenvalue weighted by Gasteiger charge is 2.37. The highest BCUT2D eigenvalue weighted by Crippen LogP contribution is 2.33. The second-order valence-electron chi connectivity index (χ2n) is 8.62. The molecule has 1 aliphatic heterocycles. The number of aryl methyl sites for hydroxylation is 1. The third-order valence-corrected chi connectivity index (χ3v) is 5.93. The number of benzene rings is 3. The van der Waals surface area contributed by atoms with E-state index in [1.165, 1.54) is 29.2 Å². The van der Waals surface area contributed by atoms with Gasteiger partial charge in [-0.25, -0.2) is 4.79 Å². The minimum Gasteiger partial charge on any atom is -0.492 e. The molecule has 0 bridgehead atoms. The van der Waals surface area contributed by atoms with Crippen molar-refractivity contribution in [3.63, 3.8) is 0 Å². The molecular formula is C29H27NO7. The molecule has 4 rings (SSSR count). The van der Waals surface area contributed by atoms with Gasteiger partial charge in [0.05, 0.1) is 23.8 Å². The van der Waals surface area contributed by atoms with Gasteiger partial charge in [0.1, 0.15) is 11.5 Å². The maximum absolute atomic E-state index is 12.6. The van der Waals surface area contributed by atoms with Gasteiger partial charge in [0.15, 0.2) is 12.4 Å². The van der Waals surface area contributed by atoms with E-state index in [-0.39, 0.29) is 24.6 Å². The highest BCUT2D eigenvalue weighted by molar-refractivity contribution is 6.01. The summed E-state index contributed by atoms with van der Waals surface area (Å²) in [5.41, 5.74) is 2.36. The molecule has 0 spiro atoms. The fraction of sp³-hybridized carbons (Fsp3) is 0.241. The molecule has 0 radical (unpaired) electrons. The van der Waals surface area contributed by atoms with E-state index in [0.29, 0.717) is 29.2 Å². The van der Waals surface area contributed by atoms with Crippen LogP contribution in [0, 0.1) is 12.8 Å². The van der Waals surface area contributed by atoms with Crippen LogP contribution in [0.5, 0.6) is 11.5 Å². The highest BCUT2D eigenvalue weighted by atomic mass is 16.5. The summed E-state index contributed by atoms with van der Waals surface area (Å²) in [4.78, 5) is 51.5. The number of ketones is 1. The third-order valence-electron chi connectivity index (χ3n) is 5.93. The van der Waals surface area contributed by atoms with Gasteiger partial charge in [0.25, 0.3) is 0 Å². The van der Waals surface area contributed by atoms with E-state index in [1.54, 1.807) is 30.3 Å². The number of nitrogens with zero attached hydrogens (tertiary/aromatic N) is 1. The van der Waals surface area contributed by atoms with Crippen LogP contribution in [0.1, 0.15) is 39.6 Å². The zero-order valence-corrected chi connectivity index (χ0v) is 20.6. The van der Waals surface area contributed by atoms with Gasteiger partial charge in [-0.1, -0.05) is 29.8 Å². The Morgan fingerprint density at radius 3 is 2.30 bits per heavy atom. The van der Waals surface area contributed by atoms with Crippen molar-refractivity contribution in [1.29, 1.82) is 0 Å². The molecule has 190 valence electrons. The van der Waals surface area contributed by atoms with Crippen molar-refractivity contribution in [3.8, 4) is 11.5 Å². The smallest absolute Gasteiger partial charge is 0.343 e. The summed E-state index contributed by atoms with van der Waals surface area (Å²) in [5, 5.41) is 0. The lowest BCUT2D eigenvalue weighted by Gasteiger charge is -2.19. The quantitative estimate of drug-likeness (QED) is 0.244. The SMILES string of the molecule is CCOc1ccccc1N1C[C@H](C(=O)OCC(=O)c2ccc(OC(=O)c3ccc(C)cc3)cc2)CC1=O. The first-order chi connectivity index (χ1) is 17.9. The summed E-state index contributed by atoms with van der Waals surface area (Å²) in [6.07, 6.45) is -0.00543. The zero-order chi connectivity index (χ0) is 26.4. The van der Waals surface area contributed by atoms with E-state index < -0.39 is 30.2 Å². The Balaban J connectivity index is 1.30. The van der Waals surface area contributed by atoms with E-state index in [1.807, 2.05) is 32.0 Å². The maximum atomic E-state index is 12.6. The van der Waals surface area contributed by atoms with Gasteiger partial charge >= 0.3 is 11.9 Å². The third kappa shape index (κ3) is 6.22. The average molecular weight is 502 g/mol. The van der Waals surface area contributed by atoms with E-state index in [2.05, 4.69) is 0 Å². The topological polar surface area (TPSA) is 99.2 Å². The molecule has 8 nitrogen and oxygen atoms in total. The van der Waals surface area contributed by atoms with Gasteiger partial charge in [-0.05, 0) is 62.4 Å². The maximum Gasteiger partial charge on any atom is 0.343 e. The molecule has 3 aromatic rings. The van der Waals surface area contributed by atoms with Crippen molar-refractivity contribution in [3.05, 3.63) is 89.5 Å². The van der Waals surface area contributed by atoms with Crippen LogP contribution in [0.3, 0.4) is 0 Å².